The molecule has 2 aromatic rings. The van der Waals surface area contributed by atoms with E-state index >= 15 is 0 Å². The third-order valence-electron chi connectivity index (χ3n) is 3.05. The van der Waals surface area contributed by atoms with Crippen LogP contribution in [-0.4, -0.2) is 25.7 Å². The van der Waals surface area contributed by atoms with Gasteiger partial charge in [-0.3, -0.25) is 0 Å². The normalized spacial score (nSPS) is 12.2. The molecule has 0 aliphatic heterocycles. The smallest absolute Gasteiger partial charge is 0.122 e. The van der Waals surface area contributed by atoms with Gasteiger partial charge in [0.1, 0.15) is 11.5 Å². The van der Waals surface area contributed by atoms with Gasteiger partial charge < -0.3 is 14.8 Å². The van der Waals surface area contributed by atoms with Crippen LogP contribution in [0.3, 0.4) is 0 Å². The van der Waals surface area contributed by atoms with Crippen molar-refractivity contribution in [3.05, 3.63) is 39.8 Å². The predicted molar refractivity (Wildman–Crippen MR) is 81.9 cm³/mol. The fraction of sp³-hybridized carbons (Fsp3) is 0.400. The number of ether oxygens (including phenoxy) is 2. The number of aromatic nitrogens is 1. The Bertz CT molecular complexity index is 547. The van der Waals surface area contributed by atoms with Gasteiger partial charge in [-0.25, -0.2) is 4.98 Å². The minimum Gasteiger partial charge on any atom is -0.497 e. The molecular formula is C15H20N2O2S. The predicted octanol–water partition coefficient (Wildman–Crippen LogP) is 3.17. The van der Waals surface area contributed by atoms with E-state index in [1.165, 1.54) is 0 Å². The summed E-state index contributed by atoms with van der Waals surface area (Å²) in [6.07, 6.45) is 0. The molecule has 0 saturated carbocycles. The highest BCUT2D eigenvalue weighted by Gasteiger charge is 2.17. The first-order valence-electron chi connectivity index (χ1n) is 6.56. The summed E-state index contributed by atoms with van der Waals surface area (Å²) in [5.41, 5.74) is 2.12. The topological polar surface area (TPSA) is 43.4 Å². The molecule has 0 radical (unpaired) electrons. The molecule has 0 spiro atoms. The summed E-state index contributed by atoms with van der Waals surface area (Å²) in [6.45, 7) is 4.97. The van der Waals surface area contributed by atoms with Crippen molar-refractivity contribution in [3.63, 3.8) is 0 Å². The van der Waals surface area contributed by atoms with E-state index in [1.54, 1.807) is 25.6 Å². The summed E-state index contributed by atoms with van der Waals surface area (Å²) in [5, 5.41) is 6.62. The zero-order valence-electron chi connectivity index (χ0n) is 12.3. The number of nitrogens with one attached hydrogen (secondary N) is 1. The standard InChI is InChI=1S/C15H20N2O2S/c1-5-16-15(14-9-20-10(2)17-14)11-6-12(18-3)8-13(7-11)19-4/h6-9,15-16H,5H2,1-4H3. The van der Waals surface area contributed by atoms with Crippen molar-refractivity contribution >= 4 is 11.3 Å². The molecule has 5 heteroatoms. The van der Waals surface area contributed by atoms with Crippen molar-refractivity contribution in [3.8, 4) is 11.5 Å². The Labute approximate surface area is 123 Å². The molecule has 0 aliphatic rings. The van der Waals surface area contributed by atoms with E-state index in [0.717, 1.165) is 34.3 Å². The van der Waals surface area contributed by atoms with Gasteiger partial charge in [-0.2, -0.15) is 0 Å². The number of thiazole rings is 1. The molecule has 20 heavy (non-hydrogen) atoms. The highest BCUT2D eigenvalue weighted by molar-refractivity contribution is 7.09. The van der Waals surface area contributed by atoms with Crippen LogP contribution in [0.15, 0.2) is 23.6 Å². The zero-order chi connectivity index (χ0) is 14.5. The van der Waals surface area contributed by atoms with E-state index in [2.05, 4.69) is 22.6 Å². The van der Waals surface area contributed by atoms with Crippen LogP contribution >= 0.6 is 11.3 Å². The molecule has 1 N–H and O–H groups in total. The quantitative estimate of drug-likeness (QED) is 0.888. The Balaban J connectivity index is 2.42. The first-order chi connectivity index (χ1) is 9.67. The lowest BCUT2D eigenvalue weighted by molar-refractivity contribution is 0.392. The number of hydrogen-bond donors (Lipinski definition) is 1. The third kappa shape index (κ3) is 3.29. The lowest BCUT2D eigenvalue weighted by Crippen LogP contribution is -2.22. The minimum absolute atomic E-state index is 0.0500. The van der Waals surface area contributed by atoms with E-state index in [-0.39, 0.29) is 6.04 Å². The number of hydrogen-bond acceptors (Lipinski definition) is 5. The van der Waals surface area contributed by atoms with Crippen LogP contribution in [0.4, 0.5) is 0 Å². The Morgan fingerprint density at radius 3 is 2.30 bits per heavy atom. The van der Waals surface area contributed by atoms with Crippen LogP contribution in [0.1, 0.15) is 29.2 Å². The molecule has 1 heterocycles. The largest absolute Gasteiger partial charge is 0.497 e. The molecule has 0 fully saturated rings. The maximum Gasteiger partial charge on any atom is 0.122 e. The number of methoxy groups -OCH3 is 2. The first kappa shape index (κ1) is 14.8. The molecule has 0 bridgehead atoms. The monoisotopic (exact) mass is 292 g/mol. The summed E-state index contributed by atoms with van der Waals surface area (Å²) in [6, 6.07) is 5.96. The third-order valence-corrected chi connectivity index (χ3v) is 3.84. The summed E-state index contributed by atoms with van der Waals surface area (Å²) in [7, 11) is 3.32. The maximum absolute atomic E-state index is 5.34. The van der Waals surface area contributed by atoms with E-state index < -0.39 is 0 Å². The summed E-state index contributed by atoms with van der Waals surface area (Å²) >= 11 is 1.66. The van der Waals surface area contributed by atoms with E-state index in [0.29, 0.717) is 0 Å². The van der Waals surface area contributed by atoms with Gasteiger partial charge in [-0.15, -0.1) is 11.3 Å². The zero-order valence-corrected chi connectivity index (χ0v) is 13.1. The molecule has 1 aromatic heterocycles. The second-order valence-corrected chi connectivity index (χ2v) is 5.49. The second kappa shape index (κ2) is 6.72. The second-order valence-electron chi connectivity index (χ2n) is 4.43. The maximum atomic E-state index is 5.34. The molecule has 2 rings (SSSR count). The van der Waals surface area contributed by atoms with Gasteiger partial charge in [0.2, 0.25) is 0 Å². The Morgan fingerprint density at radius 2 is 1.85 bits per heavy atom. The molecule has 108 valence electrons. The van der Waals surface area contributed by atoms with Gasteiger partial charge in [-0.05, 0) is 31.2 Å². The molecule has 0 saturated heterocycles. The van der Waals surface area contributed by atoms with Crippen molar-refractivity contribution in [2.45, 2.75) is 19.9 Å². The van der Waals surface area contributed by atoms with Crippen LogP contribution in [0, 0.1) is 6.92 Å². The fourth-order valence-corrected chi connectivity index (χ4v) is 2.74. The summed E-state index contributed by atoms with van der Waals surface area (Å²) in [4.78, 5) is 4.59. The molecule has 1 atom stereocenters. The summed E-state index contributed by atoms with van der Waals surface area (Å²) in [5.74, 6) is 1.57. The lowest BCUT2D eigenvalue weighted by atomic mass is 10.0. The van der Waals surface area contributed by atoms with Crippen LogP contribution in [0.5, 0.6) is 11.5 Å². The lowest BCUT2D eigenvalue weighted by Gasteiger charge is -2.18. The van der Waals surface area contributed by atoms with Gasteiger partial charge in [0.05, 0.1) is 31.0 Å². The van der Waals surface area contributed by atoms with Gasteiger partial charge >= 0.3 is 0 Å². The van der Waals surface area contributed by atoms with Crippen molar-refractivity contribution in [1.29, 1.82) is 0 Å². The molecule has 0 aliphatic carbocycles. The number of rotatable bonds is 6. The van der Waals surface area contributed by atoms with Gasteiger partial charge in [0.15, 0.2) is 0 Å². The van der Waals surface area contributed by atoms with E-state index in [1.807, 2.05) is 25.1 Å². The van der Waals surface area contributed by atoms with Crippen LogP contribution < -0.4 is 14.8 Å². The van der Waals surface area contributed by atoms with E-state index in [9.17, 15) is 0 Å². The Morgan fingerprint density at radius 1 is 1.20 bits per heavy atom. The highest BCUT2D eigenvalue weighted by atomic mass is 32.1. The number of nitrogens with zero attached hydrogens (tertiary/aromatic N) is 1. The first-order valence-corrected chi connectivity index (χ1v) is 7.44. The fourth-order valence-electron chi connectivity index (χ4n) is 2.11. The van der Waals surface area contributed by atoms with Crippen LogP contribution in [0.25, 0.3) is 0 Å². The van der Waals surface area contributed by atoms with Crippen molar-refractivity contribution < 1.29 is 9.47 Å². The molecule has 0 amide bonds. The Kier molecular flexibility index (Phi) is 4.98. The number of aryl methyl sites for hydroxylation is 1. The average Bonchev–Trinajstić information content (AvgIpc) is 2.90. The van der Waals surface area contributed by atoms with Crippen molar-refractivity contribution in [1.82, 2.24) is 10.3 Å². The number of benzene rings is 1. The van der Waals surface area contributed by atoms with Gasteiger partial charge in [0, 0.05) is 11.4 Å². The SMILES string of the molecule is CCNC(c1cc(OC)cc(OC)c1)c1csc(C)n1. The van der Waals surface area contributed by atoms with Gasteiger partial charge in [-0.1, -0.05) is 6.92 Å². The Hall–Kier alpha value is -1.59. The molecule has 1 unspecified atom stereocenters. The molecule has 1 aromatic carbocycles. The molecule has 4 nitrogen and oxygen atoms in total. The van der Waals surface area contributed by atoms with Crippen molar-refractivity contribution in [2.75, 3.05) is 20.8 Å². The van der Waals surface area contributed by atoms with Crippen molar-refractivity contribution in [2.24, 2.45) is 0 Å². The van der Waals surface area contributed by atoms with Gasteiger partial charge in [0.25, 0.3) is 0 Å². The summed E-state index contributed by atoms with van der Waals surface area (Å²) < 4.78 is 10.7. The van der Waals surface area contributed by atoms with Crippen LogP contribution in [0.2, 0.25) is 0 Å². The van der Waals surface area contributed by atoms with E-state index in [4.69, 9.17) is 9.47 Å². The van der Waals surface area contributed by atoms with Crippen LogP contribution in [-0.2, 0) is 0 Å². The minimum atomic E-state index is 0.0500. The average molecular weight is 292 g/mol. The molecular weight excluding hydrogens is 272 g/mol. The highest BCUT2D eigenvalue weighted by Crippen LogP contribution is 2.30.